The van der Waals surface area contributed by atoms with Crippen molar-refractivity contribution in [3.8, 4) is 10.6 Å². The van der Waals surface area contributed by atoms with Crippen molar-refractivity contribution in [2.24, 2.45) is 5.92 Å². The lowest BCUT2D eigenvalue weighted by molar-refractivity contribution is 0.0781. The number of fused-ring (bicyclic) bond motifs is 1. The van der Waals surface area contributed by atoms with Gasteiger partial charge in [-0.3, -0.25) is 4.79 Å². The largest absolute Gasteiger partial charge is 0.341 e. The van der Waals surface area contributed by atoms with Crippen molar-refractivity contribution in [1.29, 1.82) is 0 Å². The van der Waals surface area contributed by atoms with Gasteiger partial charge in [-0.15, -0.1) is 11.3 Å². The minimum atomic E-state index is 0.0510. The van der Waals surface area contributed by atoms with Crippen molar-refractivity contribution < 1.29 is 4.79 Å². The zero-order valence-electron chi connectivity index (χ0n) is 13.6. The van der Waals surface area contributed by atoms with Gasteiger partial charge in [0.2, 0.25) is 0 Å². The van der Waals surface area contributed by atoms with Gasteiger partial charge in [-0.1, -0.05) is 38.1 Å². The third-order valence-electron chi connectivity index (χ3n) is 3.71. The second kappa shape index (κ2) is 6.50. The van der Waals surface area contributed by atoms with Crippen LogP contribution in [0, 0.1) is 5.92 Å². The van der Waals surface area contributed by atoms with E-state index < -0.39 is 0 Å². The van der Waals surface area contributed by atoms with E-state index in [1.807, 2.05) is 54.9 Å². The molecule has 1 amide bonds. The highest BCUT2D eigenvalue weighted by Crippen LogP contribution is 2.28. The second-order valence-electron chi connectivity index (χ2n) is 6.13. The SMILES string of the molecule is CC(C)CN(C)C(=O)c1cc(-c2cccs2)nc2ccccc12. The van der Waals surface area contributed by atoms with Crippen LogP contribution in [-0.4, -0.2) is 29.4 Å². The van der Waals surface area contributed by atoms with Gasteiger partial charge in [-0.05, 0) is 29.5 Å². The first-order valence-corrected chi connectivity index (χ1v) is 8.63. The van der Waals surface area contributed by atoms with Crippen LogP contribution in [0.4, 0.5) is 0 Å². The van der Waals surface area contributed by atoms with Crippen LogP contribution < -0.4 is 0 Å². The highest BCUT2D eigenvalue weighted by molar-refractivity contribution is 7.13. The molecule has 0 radical (unpaired) electrons. The molecule has 0 aliphatic carbocycles. The maximum Gasteiger partial charge on any atom is 0.254 e. The average molecular weight is 324 g/mol. The molecule has 0 fully saturated rings. The summed E-state index contributed by atoms with van der Waals surface area (Å²) in [5.74, 6) is 0.490. The third kappa shape index (κ3) is 3.27. The van der Waals surface area contributed by atoms with E-state index in [4.69, 9.17) is 4.98 Å². The Labute approximate surface area is 140 Å². The van der Waals surface area contributed by atoms with Crippen LogP contribution in [0.1, 0.15) is 24.2 Å². The van der Waals surface area contributed by atoms with E-state index in [2.05, 4.69) is 13.8 Å². The quantitative estimate of drug-likeness (QED) is 0.697. The van der Waals surface area contributed by atoms with E-state index in [0.717, 1.165) is 33.6 Å². The molecule has 118 valence electrons. The van der Waals surface area contributed by atoms with Crippen LogP contribution in [0.5, 0.6) is 0 Å². The lowest BCUT2D eigenvalue weighted by Gasteiger charge is -2.20. The normalized spacial score (nSPS) is 11.1. The van der Waals surface area contributed by atoms with Gasteiger partial charge in [0.25, 0.3) is 5.91 Å². The molecule has 1 aromatic carbocycles. The number of rotatable bonds is 4. The Hall–Kier alpha value is -2.20. The van der Waals surface area contributed by atoms with Gasteiger partial charge in [0, 0.05) is 19.0 Å². The van der Waals surface area contributed by atoms with Crippen LogP contribution in [-0.2, 0) is 0 Å². The summed E-state index contributed by atoms with van der Waals surface area (Å²) in [5, 5.41) is 2.94. The highest BCUT2D eigenvalue weighted by atomic mass is 32.1. The molecule has 0 N–H and O–H groups in total. The molecule has 0 atom stereocenters. The molecule has 0 aliphatic rings. The zero-order chi connectivity index (χ0) is 16.4. The standard InChI is InChI=1S/C19H20N2OS/c1-13(2)12-21(3)19(22)15-11-17(18-9-6-10-23-18)20-16-8-5-4-7-14(15)16/h4-11,13H,12H2,1-3H3. The van der Waals surface area contributed by atoms with E-state index in [1.165, 1.54) is 0 Å². The summed E-state index contributed by atoms with van der Waals surface area (Å²) in [5.41, 5.74) is 2.45. The van der Waals surface area contributed by atoms with Gasteiger partial charge in [-0.25, -0.2) is 4.98 Å². The lowest BCUT2D eigenvalue weighted by Crippen LogP contribution is -2.30. The Morgan fingerprint density at radius 1 is 1.22 bits per heavy atom. The summed E-state index contributed by atoms with van der Waals surface area (Å²) < 4.78 is 0. The number of hydrogen-bond donors (Lipinski definition) is 0. The van der Waals surface area contributed by atoms with Gasteiger partial charge in [0.1, 0.15) is 0 Å². The van der Waals surface area contributed by atoms with E-state index in [0.29, 0.717) is 5.92 Å². The fourth-order valence-corrected chi connectivity index (χ4v) is 3.43. The predicted octanol–water partition coefficient (Wildman–Crippen LogP) is 4.69. The first-order valence-electron chi connectivity index (χ1n) is 7.75. The molecule has 3 nitrogen and oxygen atoms in total. The molecule has 0 saturated heterocycles. The predicted molar refractivity (Wildman–Crippen MR) is 96.9 cm³/mol. The van der Waals surface area contributed by atoms with Crippen LogP contribution in [0.15, 0.2) is 47.8 Å². The number of amides is 1. The van der Waals surface area contributed by atoms with Gasteiger partial charge < -0.3 is 4.90 Å². The number of pyridine rings is 1. The Bertz CT molecular complexity index is 825. The highest BCUT2D eigenvalue weighted by Gasteiger charge is 2.18. The number of nitrogens with zero attached hydrogens (tertiary/aromatic N) is 2. The van der Waals surface area contributed by atoms with Crippen LogP contribution in [0.25, 0.3) is 21.5 Å². The monoisotopic (exact) mass is 324 g/mol. The first kappa shape index (κ1) is 15.7. The Kier molecular flexibility index (Phi) is 4.44. The Morgan fingerprint density at radius 2 is 2.00 bits per heavy atom. The van der Waals surface area contributed by atoms with E-state index in [-0.39, 0.29) is 5.91 Å². The molecule has 4 heteroatoms. The number of para-hydroxylation sites is 1. The van der Waals surface area contributed by atoms with Gasteiger partial charge in [0.05, 0.1) is 21.7 Å². The second-order valence-corrected chi connectivity index (χ2v) is 7.08. The Balaban J connectivity index is 2.12. The number of thiophene rings is 1. The molecule has 2 aromatic heterocycles. The molecule has 0 saturated carbocycles. The van der Waals surface area contributed by atoms with E-state index in [1.54, 1.807) is 16.2 Å². The Morgan fingerprint density at radius 3 is 2.70 bits per heavy atom. The van der Waals surface area contributed by atoms with Crippen LogP contribution in [0.2, 0.25) is 0 Å². The molecule has 23 heavy (non-hydrogen) atoms. The van der Waals surface area contributed by atoms with Crippen LogP contribution >= 0.6 is 11.3 Å². The van der Waals surface area contributed by atoms with E-state index >= 15 is 0 Å². The maximum atomic E-state index is 12.9. The summed E-state index contributed by atoms with van der Waals surface area (Å²) in [6.07, 6.45) is 0. The molecular formula is C19H20N2OS. The fourth-order valence-electron chi connectivity index (χ4n) is 2.74. The molecule has 0 bridgehead atoms. The van der Waals surface area contributed by atoms with E-state index in [9.17, 15) is 4.79 Å². The molecule has 0 unspecified atom stereocenters. The number of benzene rings is 1. The average Bonchev–Trinajstić information content (AvgIpc) is 3.07. The van der Waals surface area contributed by atoms with Gasteiger partial charge >= 0.3 is 0 Å². The summed E-state index contributed by atoms with van der Waals surface area (Å²) in [7, 11) is 1.86. The van der Waals surface area contributed by atoms with Crippen LogP contribution in [0.3, 0.4) is 0 Å². The molecule has 2 heterocycles. The van der Waals surface area contributed by atoms with Gasteiger partial charge in [-0.2, -0.15) is 0 Å². The summed E-state index contributed by atoms with van der Waals surface area (Å²) in [6, 6.07) is 13.8. The van der Waals surface area contributed by atoms with Crippen molar-refractivity contribution in [3.05, 3.63) is 53.4 Å². The number of carbonyl (C=O) groups is 1. The molecule has 0 spiro atoms. The van der Waals surface area contributed by atoms with Crippen molar-refractivity contribution in [3.63, 3.8) is 0 Å². The molecular weight excluding hydrogens is 304 g/mol. The first-order chi connectivity index (χ1) is 11.1. The number of aromatic nitrogens is 1. The summed E-state index contributed by atoms with van der Waals surface area (Å²) in [4.78, 5) is 20.5. The number of carbonyl (C=O) groups excluding carboxylic acids is 1. The fraction of sp³-hybridized carbons (Fsp3) is 0.263. The topological polar surface area (TPSA) is 33.2 Å². The maximum absolute atomic E-state index is 12.9. The summed E-state index contributed by atoms with van der Waals surface area (Å²) >= 11 is 1.64. The van der Waals surface area contributed by atoms with Crippen molar-refractivity contribution >= 4 is 28.1 Å². The minimum Gasteiger partial charge on any atom is -0.341 e. The third-order valence-corrected chi connectivity index (χ3v) is 4.60. The zero-order valence-corrected chi connectivity index (χ0v) is 14.4. The van der Waals surface area contributed by atoms with Gasteiger partial charge in [0.15, 0.2) is 0 Å². The molecule has 3 aromatic rings. The van der Waals surface area contributed by atoms with Crippen molar-refractivity contribution in [2.45, 2.75) is 13.8 Å². The minimum absolute atomic E-state index is 0.0510. The molecule has 3 rings (SSSR count). The van der Waals surface area contributed by atoms with Crippen molar-refractivity contribution in [1.82, 2.24) is 9.88 Å². The van der Waals surface area contributed by atoms with Crippen molar-refractivity contribution in [2.75, 3.05) is 13.6 Å². The smallest absolute Gasteiger partial charge is 0.254 e. The number of hydrogen-bond acceptors (Lipinski definition) is 3. The summed E-state index contributed by atoms with van der Waals surface area (Å²) in [6.45, 7) is 4.97. The lowest BCUT2D eigenvalue weighted by atomic mass is 10.1. The molecule has 0 aliphatic heterocycles.